The summed E-state index contributed by atoms with van der Waals surface area (Å²) in [7, 11) is 0. The number of aromatic nitrogens is 2. The number of rotatable bonds is 5. The zero-order valence-corrected chi connectivity index (χ0v) is 17.0. The molecule has 1 spiro atoms. The number of hydrogen-bond acceptors (Lipinski definition) is 4. The molecule has 0 bridgehead atoms. The molecule has 0 radical (unpaired) electrons. The van der Waals surface area contributed by atoms with Gasteiger partial charge in [0.25, 0.3) is 0 Å². The summed E-state index contributed by atoms with van der Waals surface area (Å²) in [4.78, 5) is 25.9. The monoisotopic (exact) mass is 378 g/mol. The minimum Gasteiger partial charge on any atom is -0.356 e. The van der Waals surface area contributed by atoms with E-state index in [9.17, 15) is 4.79 Å². The van der Waals surface area contributed by atoms with Crippen molar-refractivity contribution in [1.29, 1.82) is 0 Å². The maximum Gasteiger partial charge on any atom is 0.223 e. The van der Waals surface area contributed by atoms with Gasteiger partial charge in [-0.15, -0.1) is 0 Å². The minimum absolute atomic E-state index is 0.163. The second kappa shape index (κ2) is 7.90. The Hall–Kier alpha value is -2.43. The van der Waals surface area contributed by atoms with E-state index in [4.69, 9.17) is 0 Å². The minimum atomic E-state index is 0.163. The molecule has 0 N–H and O–H groups in total. The molecular weight excluding hydrogens is 348 g/mol. The summed E-state index contributed by atoms with van der Waals surface area (Å²) in [6.07, 6.45) is 6.59. The van der Waals surface area contributed by atoms with Crippen LogP contribution < -0.4 is 4.90 Å². The molecule has 1 aromatic heterocycles. The number of anilines is 1. The second-order valence-corrected chi connectivity index (χ2v) is 8.48. The molecular formula is C23H30N4O. The summed E-state index contributed by atoms with van der Waals surface area (Å²) in [6, 6.07) is 10.5. The van der Waals surface area contributed by atoms with Gasteiger partial charge in [-0.3, -0.25) is 4.79 Å². The number of hydrogen-bond donors (Lipinski definition) is 0. The number of likely N-dealkylation sites (tertiary alicyclic amines) is 1. The van der Waals surface area contributed by atoms with Gasteiger partial charge in [0.2, 0.25) is 5.91 Å². The molecule has 1 aromatic carbocycles. The first-order chi connectivity index (χ1) is 13.6. The number of carbonyl (C=O) groups is 1. The van der Waals surface area contributed by atoms with Crippen LogP contribution in [0, 0.1) is 19.3 Å². The Labute approximate surface area is 167 Å². The van der Waals surface area contributed by atoms with Crippen LogP contribution in [0.5, 0.6) is 0 Å². The molecule has 3 heterocycles. The topological polar surface area (TPSA) is 49.3 Å². The van der Waals surface area contributed by atoms with Gasteiger partial charge in [0, 0.05) is 49.3 Å². The van der Waals surface area contributed by atoms with E-state index in [2.05, 4.69) is 51.0 Å². The lowest BCUT2D eigenvalue weighted by Gasteiger charge is -2.39. The highest BCUT2D eigenvalue weighted by molar-refractivity contribution is 5.79. The SMILES string of the molecule is Cc1ncnc(N2CCC3(CC2)CC(=O)N(CCCc2ccccc2)C3)c1C. The van der Waals surface area contributed by atoms with E-state index >= 15 is 0 Å². The normalized spacial score (nSPS) is 18.9. The van der Waals surface area contributed by atoms with Crippen LogP contribution >= 0.6 is 0 Å². The van der Waals surface area contributed by atoms with Crippen molar-refractivity contribution in [2.45, 2.75) is 46.0 Å². The summed E-state index contributed by atoms with van der Waals surface area (Å²) in [5, 5.41) is 0. The van der Waals surface area contributed by atoms with Crippen LogP contribution in [0.3, 0.4) is 0 Å². The second-order valence-electron chi connectivity index (χ2n) is 8.48. The molecule has 2 aliphatic heterocycles. The maximum atomic E-state index is 12.6. The fraction of sp³-hybridized carbons (Fsp3) is 0.522. The fourth-order valence-electron chi connectivity index (χ4n) is 4.68. The highest BCUT2D eigenvalue weighted by atomic mass is 16.2. The first kappa shape index (κ1) is 18.9. The Morgan fingerprint density at radius 2 is 1.82 bits per heavy atom. The lowest BCUT2D eigenvalue weighted by molar-refractivity contribution is -0.127. The molecule has 5 heteroatoms. The van der Waals surface area contributed by atoms with Gasteiger partial charge >= 0.3 is 0 Å². The average molecular weight is 379 g/mol. The third kappa shape index (κ3) is 3.89. The lowest BCUT2D eigenvalue weighted by Crippen LogP contribution is -2.42. The van der Waals surface area contributed by atoms with Crippen molar-refractivity contribution >= 4 is 11.7 Å². The van der Waals surface area contributed by atoms with E-state index < -0.39 is 0 Å². The molecule has 5 nitrogen and oxygen atoms in total. The van der Waals surface area contributed by atoms with E-state index in [1.807, 2.05) is 13.0 Å². The van der Waals surface area contributed by atoms with E-state index in [-0.39, 0.29) is 5.41 Å². The Balaban J connectivity index is 1.32. The molecule has 2 fully saturated rings. The molecule has 2 aliphatic rings. The molecule has 2 saturated heterocycles. The third-order valence-electron chi connectivity index (χ3n) is 6.57. The van der Waals surface area contributed by atoms with Gasteiger partial charge in [0.05, 0.1) is 0 Å². The van der Waals surface area contributed by atoms with Crippen molar-refractivity contribution in [1.82, 2.24) is 14.9 Å². The van der Waals surface area contributed by atoms with E-state index in [1.54, 1.807) is 6.33 Å². The molecule has 0 aliphatic carbocycles. The van der Waals surface area contributed by atoms with Crippen LogP contribution in [0.4, 0.5) is 5.82 Å². The standard InChI is InChI=1S/C23H30N4O/c1-18-19(2)24-17-25-22(18)26-13-10-23(11-14-26)15-21(28)27(16-23)12-6-9-20-7-4-3-5-8-20/h3-5,7-8,17H,6,9-16H2,1-2H3. The first-order valence-electron chi connectivity index (χ1n) is 10.4. The highest BCUT2D eigenvalue weighted by Gasteiger charge is 2.44. The lowest BCUT2D eigenvalue weighted by atomic mass is 9.77. The third-order valence-corrected chi connectivity index (χ3v) is 6.57. The quantitative estimate of drug-likeness (QED) is 0.798. The van der Waals surface area contributed by atoms with Gasteiger partial charge in [0.15, 0.2) is 0 Å². The summed E-state index contributed by atoms with van der Waals surface area (Å²) in [5.41, 5.74) is 3.73. The predicted octanol–water partition coefficient (Wildman–Crippen LogP) is 3.55. The number of aryl methyl sites for hydroxylation is 2. The largest absolute Gasteiger partial charge is 0.356 e. The zero-order valence-electron chi connectivity index (χ0n) is 17.0. The first-order valence-corrected chi connectivity index (χ1v) is 10.4. The molecule has 4 rings (SSSR count). The fourth-order valence-corrected chi connectivity index (χ4v) is 4.68. The Bertz CT molecular complexity index is 828. The number of benzene rings is 1. The van der Waals surface area contributed by atoms with Crippen molar-refractivity contribution in [2.75, 3.05) is 31.1 Å². The number of carbonyl (C=O) groups excluding carboxylic acids is 1. The molecule has 1 amide bonds. The molecule has 2 aromatic rings. The Kier molecular flexibility index (Phi) is 5.33. The van der Waals surface area contributed by atoms with Crippen molar-refractivity contribution < 1.29 is 4.79 Å². The van der Waals surface area contributed by atoms with Crippen LogP contribution in [0.25, 0.3) is 0 Å². The van der Waals surface area contributed by atoms with Crippen LogP contribution in [0.15, 0.2) is 36.7 Å². The predicted molar refractivity (Wildman–Crippen MR) is 111 cm³/mol. The summed E-state index contributed by atoms with van der Waals surface area (Å²) in [6.45, 7) is 7.89. The molecule has 0 unspecified atom stereocenters. The van der Waals surface area contributed by atoms with Gasteiger partial charge < -0.3 is 9.80 Å². The van der Waals surface area contributed by atoms with Crippen LogP contribution in [-0.2, 0) is 11.2 Å². The summed E-state index contributed by atoms with van der Waals surface area (Å²) in [5.74, 6) is 1.40. The van der Waals surface area contributed by atoms with Gasteiger partial charge in [0.1, 0.15) is 12.1 Å². The van der Waals surface area contributed by atoms with Crippen LogP contribution in [0.2, 0.25) is 0 Å². The average Bonchev–Trinajstić information content (AvgIpc) is 3.01. The molecule has 0 atom stereocenters. The van der Waals surface area contributed by atoms with E-state index in [0.717, 1.165) is 63.4 Å². The zero-order chi connectivity index (χ0) is 19.6. The Morgan fingerprint density at radius 3 is 2.57 bits per heavy atom. The van der Waals surface area contributed by atoms with Crippen LogP contribution in [-0.4, -0.2) is 47.0 Å². The van der Waals surface area contributed by atoms with Gasteiger partial charge in [-0.25, -0.2) is 9.97 Å². The molecule has 28 heavy (non-hydrogen) atoms. The van der Waals surface area contributed by atoms with Crippen LogP contribution in [0.1, 0.15) is 42.5 Å². The maximum absolute atomic E-state index is 12.6. The van der Waals surface area contributed by atoms with Crippen molar-refractivity contribution in [2.24, 2.45) is 5.41 Å². The van der Waals surface area contributed by atoms with Crippen molar-refractivity contribution in [3.63, 3.8) is 0 Å². The number of piperidine rings is 1. The van der Waals surface area contributed by atoms with Crippen molar-refractivity contribution in [3.8, 4) is 0 Å². The smallest absolute Gasteiger partial charge is 0.223 e. The van der Waals surface area contributed by atoms with Gasteiger partial charge in [-0.2, -0.15) is 0 Å². The number of nitrogens with zero attached hydrogens (tertiary/aromatic N) is 4. The van der Waals surface area contributed by atoms with Gasteiger partial charge in [-0.05, 0) is 45.1 Å². The van der Waals surface area contributed by atoms with E-state index in [1.165, 1.54) is 11.1 Å². The number of amides is 1. The summed E-state index contributed by atoms with van der Waals surface area (Å²) < 4.78 is 0. The Morgan fingerprint density at radius 1 is 1.07 bits per heavy atom. The molecule has 148 valence electrons. The molecule has 0 saturated carbocycles. The van der Waals surface area contributed by atoms with E-state index in [0.29, 0.717) is 12.3 Å². The van der Waals surface area contributed by atoms with Gasteiger partial charge in [-0.1, -0.05) is 30.3 Å². The highest BCUT2D eigenvalue weighted by Crippen LogP contribution is 2.42. The summed E-state index contributed by atoms with van der Waals surface area (Å²) >= 11 is 0. The van der Waals surface area contributed by atoms with Crippen molar-refractivity contribution in [3.05, 3.63) is 53.5 Å².